The monoisotopic (exact) mass is 242 g/mol. The van der Waals surface area contributed by atoms with Gasteiger partial charge in [-0.2, -0.15) is 0 Å². The van der Waals surface area contributed by atoms with Crippen molar-refractivity contribution in [1.82, 2.24) is 15.2 Å². The van der Waals surface area contributed by atoms with Crippen LogP contribution in [0.2, 0.25) is 0 Å². The first-order chi connectivity index (χ1) is 7.54. The van der Waals surface area contributed by atoms with E-state index in [9.17, 15) is 0 Å². The summed E-state index contributed by atoms with van der Waals surface area (Å²) in [6, 6.07) is 0. The molecule has 1 heterocycles. The van der Waals surface area contributed by atoms with Gasteiger partial charge in [0.05, 0.1) is 5.69 Å². The van der Waals surface area contributed by atoms with Crippen LogP contribution in [-0.4, -0.2) is 51.2 Å². The topological polar surface area (TPSA) is 31.4 Å². The Hall–Kier alpha value is -0.650. The lowest BCUT2D eigenvalue weighted by molar-refractivity contribution is 0.416. The highest BCUT2D eigenvalue weighted by atomic mass is 32.1. The second-order valence-electron chi connectivity index (χ2n) is 4.26. The summed E-state index contributed by atoms with van der Waals surface area (Å²) in [7, 11) is 8.25. The fourth-order valence-corrected chi connectivity index (χ4v) is 2.41. The van der Waals surface area contributed by atoms with Gasteiger partial charge in [-0.15, -0.1) is 11.3 Å². The van der Waals surface area contributed by atoms with E-state index in [1.54, 1.807) is 11.3 Å². The Bertz CT molecular complexity index is 322. The fraction of sp³-hybridized carbons (Fsp3) is 0.727. The van der Waals surface area contributed by atoms with Gasteiger partial charge >= 0.3 is 0 Å². The van der Waals surface area contributed by atoms with Crippen molar-refractivity contribution < 1.29 is 0 Å². The second-order valence-corrected chi connectivity index (χ2v) is 5.32. The zero-order chi connectivity index (χ0) is 12.1. The molecular formula is C11H22N4S. The van der Waals surface area contributed by atoms with Crippen LogP contribution in [0.4, 0.5) is 5.13 Å². The Labute approximate surface area is 102 Å². The van der Waals surface area contributed by atoms with Gasteiger partial charge in [0.15, 0.2) is 5.13 Å². The average Bonchev–Trinajstić information content (AvgIpc) is 2.57. The first kappa shape index (κ1) is 13.4. The molecule has 0 radical (unpaired) electrons. The molecule has 0 saturated heterocycles. The standard InChI is InChI=1S/C11H22N4S/c1-9-10(8-12-2)16-11(13-9)15(5)7-6-14(3)4/h12H,6-8H2,1-5H3. The Morgan fingerprint density at radius 1 is 1.25 bits per heavy atom. The van der Waals surface area contributed by atoms with Crippen molar-refractivity contribution in [3.05, 3.63) is 10.6 Å². The lowest BCUT2D eigenvalue weighted by Gasteiger charge is -2.18. The smallest absolute Gasteiger partial charge is 0.185 e. The number of nitrogens with one attached hydrogen (secondary N) is 1. The number of aryl methyl sites for hydroxylation is 1. The van der Waals surface area contributed by atoms with Gasteiger partial charge in [-0.1, -0.05) is 0 Å². The molecule has 0 unspecified atom stereocenters. The Balaban J connectivity index is 2.61. The summed E-state index contributed by atoms with van der Waals surface area (Å²) in [6.45, 7) is 5.05. The van der Waals surface area contributed by atoms with E-state index in [0.717, 1.165) is 30.5 Å². The first-order valence-electron chi connectivity index (χ1n) is 5.51. The summed E-state index contributed by atoms with van der Waals surface area (Å²) in [5.41, 5.74) is 1.14. The molecule has 1 rings (SSSR count). The SMILES string of the molecule is CNCc1sc(N(C)CCN(C)C)nc1C. The Kier molecular flexibility index (Phi) is 5.18. The van der Waals surface area contributed by atoms with Crippen molar-refractivity contribution in [2.24, 2.45) is 0 Å². The van der Waals surface area contributed by atoms with Crippen LogP contribution in [0.1, 0.15) is 10.6 Å². The summed E-state index contributed by atoms with van der Waals surface area (Å²) >= 11 is 1.78. The quantitative estimate of drug-likeness (QED) is 0.811. The van der Waals surface area contributed by atoms with Gasteiger partial charge in [-0.05, 0) is 28.1 Å². The van der Waals surface area contributed by atoms with Gasteiger partial charge < -0.3 is 15.1 Å². The summed E-state index contributed by atoms with van der Waals surface area (Å²) in [6.07, 6.45) is 0. The molecule has 0 aliphatic carbocycles. The minimum atomic E-state index is 0.908. The minimum Gasteiger partial charge on any atom is -0.350 e. The minimum absolute atomic E-state index is 0.908. The van der Waals surface area contributed by atoms with E-state index in [4.69, 9.17) is 0 Å². The van der Waals surface area contributed by atoms with E-state index in [2.05, 4.69) is 48.2 Å². The highest BCUT2D eigenvalue weighted by Crippen LogP contribution is 2.24. The number of aromatic nitrogens is 1. The van der Waals surface area contributed by atoms with Gasteiger partial charge in [-0.25, -0.2) is 4.98 Å². The molecule has 0 fully saturated rings. The van der Waals surface area contributed by atoms with Crippen molar-refractivity contribution in [2.45, 2.75) is 13.5 Å². The molecule has 0 spiro atoms. The second kappa shape index (κ2) is 6.18. The summed E-state index contributed by atoms with van der Waals surface area (Å²) in [5, 5.41) is 4.29. The molecule has 1 aromatic heterocycles. The van der Waals surface area contributed by atoms with Crippen molar-refractivity contribution in [1.29, 1.82) is 0 Å². The van der Waals surface area contributed by atoms with E-state index in [1.165, 1.54) is 4.88 Å². The van der Waals surface area contributed by atoms with Gasteiger partial charge in [0.2, 0.25) is 0 Å². The van der Waals surface area contributed by atoms with Crippen LogP contribution >= 0.6 is 11.3 Å². The maximum atomic E-state index is 4.59. The van der Waals surface area contributed by atoms with E-state index >= 15 is 0 Å². The Morgan fingerprint density at radius 3 is 2.50 bits per heavy atom. The molecule has 0 aliphatic rings. The summed E-state index contributed by atoms with van der Waals surface area (Å²) < 4.78 is 0. The fourth-order valence-electron chi connectivity index (χ4n) is 1.35. The maximum absolute atomic E-state index is 4.59. The number of rotatable bonds is 6. The van der Waals surface area contributed by atoms with Crippen molar-refractivity contribution in [2.75, 3.05) is 46.2 Å². The number of hydrogen-bond acceptors (Lipinski definition) is 5. The van der Waals surface area contributed by atoms with Crippen LogP contribution in [0.5, 0.6) is 0 Å². The number of thiazole rings is 1. The van der Waals surface area contributed by atoms with Crippen LogP contribution in [0.25, 0.3) is 0 Å². The van der Waals surface area contributed by atoms with Gasteiger partial charge in [0.25, 0.3) is 0 Å². The lowest BCUT2D eigenvalue weighted by Crippen LogP contribution is -2.28. The van der Waals surface area contributed by atoms with Gasteiger partial charge in [-0.3, -0.25) is 0 Å². The van der Waals surface area contributed by atoms with Crippen molar-refractivity contribution >= 4 is 16.5 Å². The van der Waals surface area contributed by atoms with Gasteiger partial charge in [0, 0.05) is 31.6 Å². The van der Waals surface area contributed by atoms with E-state index in [1.807, 2.05) is 7.05 Å². The van der Waals surface area contributed by atoms with E-state index in [0.29, 0.717) is 0 Å². The number of nitrogens with zero attached hydrogens (tertiary/aromatic N) is 3. The molecule has 92 valence electrons. The van der Waals surface area contributed by atoms with Crippen LogP contribution in [-0.2, 0) is 6.54 Å². The summed E-state index contributed by atoms with van der Waals surface area (Å²) in [4.78, 5) is 10.3. The zero-order valence-electron chi connectivity index (χ0n) is 10.9. The first-order valence-corrected chi connectivity index (χ1v) is 6.33. The largest absolute Gasteiger partial charge is 0.350 e. The molecule has 0 bridgehead atoms. The highest BCUT2D eigenvalue weighted by molar-refractivity contribution is 7.15. The van der Waals surface area contributed by atoms with Crippen molar-refractivity contribution in [3.63, 3.8) is 0 Å². The predicted molar refractivity (Wildman–Crippen MR) is 71.4 cm³/mol. The molecule has 0 aliphatic heterocycles. The molecule has 16 heavy (non-hydrogen) atoms. The number of anilines is 1. The van der Waals surface area contributed by atoms with Crippen LogP contribution in [0.3, 0.4) is 0 Å². The third kappa shape index (κ3) is 3.73. The molecule has 0 amide bonds. The number of likely N-dealkylation sites (N-methyl/N-ethyl adjacent to an activating group) is 2. The van der Waals surface area contributed by atoms with E-state index in [-0.39, 0.29) is 0 Å². The van der Waals surface area contributed by atoms with E-state index < -0.39 is 0 Å². The van der Waals surface area contributed by atoms with Crippen LogP contribution in [0, 0.1) is 6.92 Å². The van der Waals surface area contributed by atoms with Gasteiger partial charge in [0.1, 0.15) is 0 Å². The number of hydrogen-bond donors (Lipinski definition) is 1. The molecule has 0 aromatic carbocycles. The normalized spacial score (nSPS) is 11.1. The molecule has 0 atom stereocenters. The predicted octanol–water partition coefficient (Wildman–Crippen LogP) is 1.17. The molecule has 1 aromatic rings. The van der Waals surface area contributed by atoms with Crippen LogP contribution < -0.4 is 10.2 Å². The third-order valence-electron chi connectivity index (χ3n) is 2.43. The lowest BCUT2D eigenvalue weighted by atomic mass is 10.4. The summed E-state index contributed by atoms with van der Waals surface area (Å²) in [5.74, 6) is 0. The van der Waals surface area contributed by atoms with Crippen LogP contribution in [0.15, 0.2) is 0 Å². The molecule has 4 nitrogen and oxygen atoms in total. The average molecular weight is 242 g/mol. The molecule has 5 heteroatoms. The van der Waals surface area contributed by atoms with Crippen molar-refractivity contribution in [3.8, 4) is 0 Å². The maximum Gasteiger partial charge on any atom is 0.185 e. The zero-order valence-corrected chi connectivity index (χ0v) is 11.7. The Morgan fingerprint density at radius 2 is 1.94 bits per heavy atom. The molecular weight excluding hydrogens is 220 g/mol. The third-order valence-corrected chi connectivity index (χ3v) is 3.70. The molecule has 0 saturated carbocycles. The molecule has 1 N–H and O–H groups in total. The highest BCUT2D eigenvalue weighted by Gasteiger charge is 2.10.